The van der Waals surface area contributed by atoms with Gasteiger partial charge in [-0.15, -0.1) is 0 Å². The summed E-state index contributed by atoms with van der Waals surface area (Å²) in [6.07, 6.45) is 5.12. The highest BCUT2D eigenvalue weighted by Crippen LogP contribution is 2.32. The van der Waals surface area contributed by atoms with Crippen molar-refractivity contribution >= 4 is 5.91 Å². The molecule has 126 valence electrons. The lowest BCUT2D eigenvalue weighted by Crippen LogP contribution is -2.50. The number of aryl methyl sites for hydroxylation is 1. The van der Waals surface area contributed by atoms with Crippen LogP contribution in [0.5, 0.6) is 0 Å². The minimum atomic E-state index is -0.496. The quantitative estimate of drug-likeness (QED) is 0.939. The van der Waals surface area contributed by atoms with Crippen molar-refractivity contribution in [1.29, 1.82) is 0 Å². The molecule has 0 radical (unpaired) electrons. The van der Waals surface area contributed by atoms with Gasteiger partial charge in [0.2, 0.25) is 5.91 Å². The maximum atomic E-state index is 13.3. The molecule has 1 fully saturated rings. The first-order valence-corrected chi connectivity index (χ1v) is 8.13. The monoisotopic (exact) mass is 328 g/mol. The second-order valence-corrected chi connectivity index (χ2v) is 6.23. The normalized spacial score (nSPS) is 16.6. The Balaban J connectivity index is 1.80. The van der Waals surface area contributed by atoms with Gasteiger partial charge in [-0.3, -0.25) is 9.78 Å². The van der Waals surface area contributed by atoms with Gasteiger partial charge in [0.05, 0.1) is 12.0 Å². The van der Waals surface area contributed by atoms with Crippen LogP contribution in [0.3, 0.4) is 0 Å². The molecule has 24 heavy (non-hydrogen) atoms. The van der Waals surface area contributed by atoms with Crippen molar-refractivity contribution in [2.45, 2.75) is 31.7 Å². The van der Waals surface area contributed by atoms with Crippen molar-refractivity contribution < 1.29 is 13.9 Å². The highest BCUT2D eigenvalue weighted by atomic mass is 19.1. The third-order valence-electron chi connectivity index (χ3n) is 4.61. The Morgan fingerprint density at radius 3 is 2.62 bits per heavy atom. The Bertz CT molecular complexity index is 710. The molecule has 0 atom stereocenters. The van der Waals surface area contributed by atoms with E-state index < -0.39 is 5.54 Å². The van der Waals surface area contributed by atoms with E-state index in [9.17, 15) is 9.18 Å². The van der Waals surface area contributed by atoms with Gasteiger partial charge in [-0.1, -0.05) is 12.1 Å². The van der Waals surface area contributed by atoms with E-state index >= 15 is 0 Å². The maximum absolute atomic E-state index is 13.3. The molecular weight excluding hydrogens is 307 g/mol. The summed E-state index contributed by atoms with van der Waals surface area (Å²) < 4.78 is 18.7. The van der Waals surface area contributed by atoms with Crippen LogP contribution in [-0.2, 0) is 21.5 Å². The minimum Gasteiger partial charge on any atom is -0.381 e. The molecule has 1 aromatic carbocycles. The lowest BCUT2D eigenvalue weighted by atomic mass is 9.82. The fraction of sp³-hybridized carbons (Fsp3) is 0.368. The lowest BCUT2D eigenvalue weighted by molar-refractivity contribution is -0.123. The van der Waals surface area contributed by atoms with Crippen molar-refractivity contribution in [2.75, 3.05) is 13.2 Å². The van der Waals surface area contributed by atoms with Gasteiger partial charge >= 0.3 is 0 Å². The van der Waals surface area contributed by atoms with E-state index in [1.807, 2.05) is 13.0 Å². The van der Waals surface area contributed by atoms with Crippen LogP contribution >= 0.6 is 0 Å². The number of aromatic nitrogens is 1. The van der Waals surface area contributed by atoms with Gasteiger partial charge in [0, 0.05) is 25.6 Å². The SMILES string of the molecule is Cc1cnccc1CC(=O)NC1(c2ccc(F)cc2)CCOCC1. The molecule has 1 aromatic heterocycles. The van der Waals surface area contributed by atoms with Crippen LogP contribution in [0.4, 0.5) is 4.39 Å². The van der Waals surface area contributed by atoms with E-state index in [0.29, 0.717) is 32.5 Å². The number of rotatable bonds is 4. The summed E-state index contributed by atoms with van der Waals surface area (Å²) in [4.78, 5) is 16.7. The summed E-state index contributed by atoms with van der Waals surface area (Å²) in [6, 6.07) is 8.23. The number of hydrogen-bond acceptors (Lipinski definition) is 3. The van der Waals surface area contributed by atoms with Crippen molar-refractivity contribution in [2.24, 2.45) is 0 Å². The average molecular weight is 328 g/mol. The summed E-state index contributed by atoms with van der Waals surface area (Å²) in [5.74, 6) is -0.324. The molecule has 4 nitrogen and oxygen atoms in total. The van der Waals surface area contributed by atoms with Gasteiger partial charge < -0.3 is 10.1 Å². The number of benzene rings is 1. The Hall–Kier alpha value is -2.27. The zero-order chi connectivity index (χ0) is 17.0. The molecule has 1 aliphatic heterocycles. The Kier molecular flexibility index (Phi) is 4.90. The molecule has 3 rings (SSSR count). The van der Waals surface area contributed by atoms with Crippen LogP contribution < -0.4 is 5.32 Å². The Morgan fingerprint density at radius 1 is 1.25 bits per heavy atom. The standard InChI is InChI=1S/C19H21FN2O2/c1-14-13-21-9-6-15(14)12-18(23)22-19(7-10-24-11-8-19)16-2-4-17(20)5-3-16/h2-6,9,13H,7-8,10-12H2,1H3,(H,22,23). The summed E-state index contributed by atoms with van der Waals surface area (Å²) in [7, 11) is 0. The summed E-state index contributed by atoms with van der Waals surface area (Å²) in [6.45, 7) is 3.09. The zero-order valence-electron chi connectivity index (χ0n) is 13.7. The number of hydrogen-bond donors (Lipinski definition) is 1. The highest BCUT2D eigenvalue weighted by Gasteiger charge is 2.35. The number of nitrogens with one attached hydrogen (secondary N) is 1. The largest absolute Gasteiger partial charge is 0.381 e. The summed E-state index contributed by atoms with van der Waals surface area (Å²) in [5, 5.41) is 3.18. The molecule has 0 spiro atoms. The van der Waals surface area contributed by atoms with Gasteiger partial charge in [-0.25, -0.2) is 4.39 Å². The van der Waals surface area contributed by atoms with Crippen molar-refractivity contribution in [3.8, 4) is 0 Å². The summed E-state index contributed by atoms with van der Waals surface area (Å²) >= 11 is 0. The van der Waals surface area contributed by atoms with Gasteiger partial charge in [0.25, 0.3) is 0 Å². The zero-order valence-corrected chi connectivity index (χ0v) is 13.7. The Morgan fingerprint density at radius 2 is 1.96 bits per heavy atom. The molecule has 0 unspecified atom stereocenters. The molecule has 1 aliphatic rings. The van der Waals surface area contributed by atoms with Crippen molar-refractivity contribution in [3.05, 3.63) is 65.2 Å². The minimum absolute atomic E-state index is 0.0458. The van der Waals surface area contributed by atoms with Crippen molar-refractivity contribution in [3.63, 3.8) is 0 Å². The van der Waals surface area contributed by atoms with E-state index in [4.69, 9.17) is 4.74 Å². The van der Waals surface area contributed by atoms with Gasteiger partial charge in [0.15, 0.2) is 0 Å². The fourth-order valence-electron chi connectivity index (χ4n) is 3.16. The Labute approximate surface area is 141 Å². The van der Waals surface area contributed by atoms with E-state index in [1.165, 1.54) is 12.1 Å². The van der Waals surface area contributed by atoms with Crippen LogP contribution in [-0.4, -0.2) is 24.1 Å². The average Bonchev–Trinajstić information content (AvgIpc) is 2.58. The smallest absolute Gasteiger partial charge is 0.225 e. The van der Waals surface area contributed by atoms with Crippen LogP contribution in [0.25, 0.3) is 0 Å². The molecule has 0 bridgehead atoms. The van der Waals surface area contributed by atoms with Gasteiger partial charge in [0.1, 0.15) is 5.82 Å². The number of pyridine rings is 1. The lowest BCUT2D eigenvalue weighted by Gasteiger charge is -2.38. The fourth-order valence-corrected chi connectivity index (χ4v) is 3.16. The third-order valence-corrected chi connectivity index (χ3v) is 4.61. The molecule has 2 aromatic rings. The number of carbonyl (C=O) groups excluding carboxylic acids is 1. The maximum Gasteiger partial charge on any atom is 0.225 e. The number of amides is 1. The predicted molar refractivity (Wildman–Crippen MR) is 89.0 cm³/mol. The molecular formula is C19H21FN2O2. The summed E-state index contributed by atoms with van der Waals surface area (Å²) in [5.41, 5.74) is 2.38. The highest BCUT2D eigenvalue weighted by molar-refractivity contribution is 5.80. The number of ether oxygens (including phenoxy) is 1. The number of carbonyl (C=O) groups is 1. The number of nitrogens with zero attached hydrogens (tertiary/aromatic N) is 1. The molecule has 1 saturated heterocycles. The van der Waals surface area contributed by atoms with E-state index in [2.05, 4.69) is 10.3 Å². The molecule has 1 N–H and O–H groups in total. The van der Waals surface area contributed by atoms with Crippen LogP contribution in [0.15, 0.2) is 42.7 Å². The second-order valence-electron chi connectivity index (χ2n) is 6.23. The van der Waals surface area contributed by atoms with Crippen LogP contribution in [0, 0.1) is 12.7 Å². The first-order valence-electron chi connectivity index (χ1n) is 8.13. The van der Waals surface area contributed by atoms with E-state index in [0.717, 1.165) is 16.7 Å². The molecule has 0 saturated carbocycles. The molecule has 0 aliphatic carbocycles. The second kappa shape index (κ2) is 7.09. The van der Waals surface area contributed by atoms with E-state index in [-0.39, 0.29) is 11.7 Å². The van der Waals surface area contributed by atoms with Crippen LogP contribution in [0.1, 0.15) is 29.5 Å². The molecule has 1 amide bonds. The first-order chi connectivity index (χ1) is 11.6. The van der Waals surface area contributed by atoms with Crippen LogP contribution in [0.2, 0.25) is 0 Å². The van der Waals surface area contributed by atoms with E-state index in [1.54, 1.807) is 24.5 Å². The molecule has 5 heteroatoms. The van der Waals surface area contributed by atoms with Crippen molar-refractivity contribution in [1.82, 2.24) is 10.3 Å². The topological polar surface area (TPSA) is 51.2 Å². The predicted octanol–water partition coefficient (Wildman–Crippen LogP) is 2.89. The molecule has 2 heterocycles. The van der Waals surface area contributed by atoms with Gasteiger partial charge in [-0.05, 0) is 54.7 Å². The third kappa shape index (κ3) is 3.62. The van der Waals surface area contributed by atoms with Gasteiger partial charge in [-0.2, -0.15) is 0 Å². The number of halogens is 1. The first kappa shape index (κ1) is 16.6.